The van der Waals surface area contributed by atoms with Crippen molar-refractivity contribution in [3.63, 3.8) is 0 Å². The van der Waals surface area contributed by atoms with Gasteiger partial charge in [0.15, 0.2) is 0 Å². The number of hydrazine groups is 1. The smallest absolute Gasteiger partial charge is 0.426 e. The Morgan fingerprint density at radius 2 is 1.79 bits per heavy atom. The van der Waals surface area contributed by atoms with Crippen LogP contribution in [0.1, 0.15) is 17.3 Å². The predicted molar refractivity (Wildman–Crippen MR) is 71.6 cm³/mol. The molecule has 0 aromatic heterocycles. The van der Waals surface area contributed by atoms with Crippen LogP contribution in [-0.4, -0.2) is 18.6 Å². The number of nitrogens with one attached hydrogen (secondary N) is 2. The standard InChI is InChI=1S/C14H14N2O3/c1-2-19-14(18)16-15-13(17)12-8-7-10-5-3-4-6-11(10)9-12/h3-9H,2H2,1H3,(H,15,17)(H,16,18). The minimum absolute atomic E-state index is 0.248. The minimum atomic E-state index is -0.684. The van der Waals surface area contributed by atoms with E-state index in [-0.39, 0.29) is 12.5 Å². The molecule has 2 aromatic rings. The summed E-state index contributed by atoms with van der Waals surface area (Å²) in [6.07, 6.45) is -0.684. The number of rotatable bonds is 2. The molecule has 0 radical (unpaired) electrons. The average molecular weight is 258 g/mol. The van der Waals surface area contributed by atoms with Crippen molar-refractivity contribution in [3.05, 3.63) is 48.0 Å². The van der Waals surface area contributed by atoms with Gasteiger partial charge in [0.1, 0.15) is 0 Å². The second kappa shape index (κ2) is 5.86. The summed E-state index contributed by atoms with van der Waals surface area (Å²) in [5, 5.41) is 2.02. The molecule has 5 heteroatoms. The number of hydrogen-bond donors (Lipinski definition) is 2. The van der Waals surface area contributed by atoms with E-state index in [1.165, 1.54) is 0 Å². The van der Waals surface area contributed by atoms with Crippen LogP contribution in [0.25, 0.3) is 10.8 Å². The molecule has 19 heavy (non-hydrogen) atoms. The first-order valence-corrected chi connectivity index (χ1v) is 5.92. The number of hydrogen-bond acceptors (Lipinski definition) is 3. The van der Waals surface area contributed by atoms with Crippen LogP contribution in [0.2, 0.25) is 0 Å². The maximum Gasteiger partial charge on any atom is 0.426 e. The zero-order valence-electron chi connectivity index (χ0n) is 10.5. The number of benzene rings is 2. The van der Waals surface area contributed by atoms with E-state index in [1.807, 2.05) is 30.3 Å². The number of fused-ring (bicyclic) bond motifs is 1. The average Bonchev–Trinajstić information content (AvgIpc) is 2.44. The van der Waals surface area contributed by atoms with Crippen molar-refractivity contribution in [2.24, 2.45) is 0 Å². The zero-order valence-corrected chi connectivity index (χ0v) is 10.5. The Morgan fingerprint density at radius 1 is 1.05 bits per heavy atom. The van der Waals surface area contributed by atoms with Crippen molar-refractivity contribution in [3.8, 4) is 0 Å². The third kappa shape index (κ3) is 3.22. The van der Waals surface area contributed by atoms with Gasteiger partial charge in [-0.05, 0) is 29.8 Å². The monoisotopic (exact) mass is 258 g/mol. The number of amides is 2. The largest absolute Gasteiger partial charge is 0.449 e. The molecule has 0 bridgehead atoms. The Kier molecular flexibility index (Phi) is 3.97. The van der Waals surface area contributed by atoms with Crippen molar-refractivity contribution < 1.29 is 14.3 Å². The lowest BCUT2D eigenvalue weighted by Gasteiger charge is -2.07. The Balaban J connectivity index is 2.07. The highest BCUT2D eigenvalue weighted by Crippen LogP contribution is 2.15. The molecule has 0 saturated carbocycles. The van der Waals surface area contributed by atoms with Crippen molar-refractivity contribution in [2.75, 3.05) is 6.61 Å². The van der Waals surface area contributed by atoms with Gasteiger partial charge in [-0.25, -0.2) is 10.2 Å². The molecular weight excluding hydrogens is 244 g/mol. The maximum absolute atomic E-state index is 11.8. The summed E-state index contributed by atoms with van der Waals surface area (Å²) in [5.74, 6) is -0.390. The summed E-state index contributed by atoms with van der Waals surface area (Å²) in [5.41, 5.74) is 4.92. The van der Waals surface area contributed by atoms with Crippen molar-refractivity contribution in [1.82, 2.24) is 10.9 Å². The van der Waals surface area contributed by atoms with E-state index in [9.17, 15) is 9.59 Å². The van der Waals surface area contributed by atoms with E-state index >= 15 is 0 Å². The van der Waals surface area contributed by atoms with Gasteiger partial charge in [-0.15, -0.1) is 0 Å². The van der Waals surface area contributed by atoms with Crippen LogP contribution in [0.5, 0.6) is 0 Å². The fourth-order valence-corrected chi connectivity index (χ4v) is 1.68. The first kappa shape index (κ1) is 12.9. The van der Waals surface area contributed by atoms with Crippen molar-refractivity contribution in [1.29, 1.82) is 0 Å². The van der Waals surface area contributed by atoms with E-state index in [0.717, 1.165) is 10.8 Å². The second-order valence-electron chi connectivity index (χ2n) is 3.86. The molecule has 2 rings (SSSR count). The van der Waals surface area contributed by atoms with Gasteiger partial charge < -0.3 is 4.74 Å². The number of ether oxygens (including phenoxy) is 1. The molecule has 0 spiro atoms. The molecule has 2 N–H and O–H groups in total. The Hall–Kier alpha value is -2.56. The summed E-state index contributed by atoms with van der Waals surface area (Å²) in [7, 11) is 0. The molecule has 0 fully saturated rings. The van der Waals surface area contributed by atoms with Gasteiger partial charge in [0.2, 0.25) is 0 Å². The molecule has 0 atom stereocenters. The summed E-state index contributed by atoms with van der Waals surface area (Å²) in [4.78, 5) is 22.9. The normalized spacial score (nSPS) is 9.95. The Morgan fingerprint density at radius 3 is 2.53 bits per heavy atom. The van der Waals surface area contributed by atoms with Gasteiger partial charge in [0.05, 0.1) is 6.61 Å². The van der Waals surface area contributed by atoms with Crippen molar-refractivity contribution >= 4 is 22.8 Å². The topological polar surface area (TPSA) is 67.4 Å². The molecule has 2 amide bonds. The first-order chi connectivity index (χ1) is 9.20. The van der Waals surface area contributed by atoms with E-state index in [0.29, 0.717) is 5.56 Å². The highest BCUT2D eigenvalue weighted by Gasteiger charge is 2.07. The minimum Gasteiger partial charge on any atom is -0.449 e. The van der Waals surface area contributed by atoms with E-state index in [4.69, 9.17) is 0 Å². The SMILES string of the molecule is CCOC(=O)NNC(=O)c1ccc2ccccc2c1. The quantitative estimate of drug-likeness (QED) is 0.812. The van der Waals surface area contributed by atoms with Crippen LogP contribution >= 0.6 is 0 Å². The van der Waals surface area contributed by atoms with E-state index < -0.39 is 6.09 Å². The fraction of sp³-hybridized carbons (Fsp3) is 0.143. The van der Waals surface area contributed by atoms with Gasteiger partial charge in [0.25, 0.3) is 5.91 Å². The predicted octanol–water partition coefficient (Wildman–Crippen LogP) is 2.23. The van der Waals surface area contributed by atoms with Gasteiger partial charge in [-0.1, -0.05) is 30.3 Å². The van der Waals surface area contributed by atoms with Crippen LogP contribution in [0.3, 0.4) is 0 Å². The molecule has 98 valence electrons. The van der Waals surface area contributed by atoms with Crippen LogP contribution in [-0.2, 0) is 4.74 Å². The second-order valence-corrected chi connectivity index (χ2v) is 3.86. The Labute approximate surface area is 110 Å². The molecule has 0 heterocycles. The molecule has 0 aliphatic heterocycles. The van der Waals surface area contributed by atoms with Gasteiger partial charge >= 0.3 is 6.09 Å². The zero-order chi connectivity index (χ0) is 13.7. The number of carbonyl (C=O) groups is 2. The fourth-order valence-electron chi connectivity index (χ4n) is 1.68. The van der Waals surface area contributed by atoms with E-state index in [2.05, 4.69) is 15.6 Å². The summed E-state index contributed by atoms with van der Waals surface area (Å²) >= 11 is 0. The lowest BCUT2D eigenvalue weighted by molar-refractivity contribution is 0.0913. The molecular formula is C14H14N2O3. The lowest BCUT2D eigenvalue weighted by Crippen LogP contribution is -2.41. The molecule has 0 aliphatic rings. The summed E-state index contributed by atoms with van der Waals surface area (Å²) < 4.78 is 4.63. The highest BCUT2D eigenvalue weighted by molar-refractivity contribution is 5.99. The molecule has 2 aromatic carbocycles. The van der Waals surface area contributed by atoms with Crippen molar-refractivity contribution in [2.45, 2.75) is 6.92 Å². The molecule has 0 saturated heterocycles. The van der Waals surface area contributed by atoms with Crippen LogP contribution in [0.4, 0.5) is 4.79 Å². The van der Waals surface area contributed by atoms with Gasteiger partial charge in [0, 0.05) is 5.56 Å². The highest BCUT2D eigenvalue weighted by atomic mass is 16.5. The van der Waals surface area contributed by atoms with Crippen LogP contribution in [0.15, 0.2) is 42.5 Å². The maximum atomic E-state index is 11.8. The first-order valence-electron chi connectivity index (χ1n) is 5.92. The summed E-state index contributed by atoms with van der Waals surface area (Å²) in [6, 6.07) is 13.0. The third-order valence-corrected chi connectivity index (χ3v) is 2.57. The molecule has 5 nitrogen and oxygen atoms in total. The van der Waals surface area contributed by atoms with E-state index in [1.54, 1.807) is 19.1 Å². The Bertz CT molecular complexity index is 610. The number of carbonyl (C=O) groups excluding carboxylic acids is 2. The van der Waals surface area contributed by atoms with Crippen LogP contribution in [0, 0.1) is 0 Å². The molecule has 0 aliphatic carbocycles. The lowest BCUT2D eigenvalue weighted by atomic mass is 10.1. The van der Waals surface area contributed by atoms with Crippen LogP contribution < -0.4 is 10.9 Å². The van der Waals surface area contributed by atoms with Gasteiger partial charge in [-0.2, -0.15) is 0 Å². The van der Waals surface area contributed by atoms with Gasteiger partial charge in [-0.3, -0.25) is 10.2 Å². The summed E-state index contributed by atoms with van der Waals surface area (Å²) in [6.45, 7) is 1.93. The third-order valence-electron chi connectivity index (χ3n) is 2.57. The molecule has 0 unspecified atom stereocenters.